The lowest BCUT2D eigenvalue weighted by molar-refractivity contribution is 0.387. The predicted octanol–water partition coefficient (Wildman–Crippen LogP) is 1.48. The molecule has 0 unspecified atom stereocenters. The van der Waals surface area contributed by atoms with Crippen molar-refractivity contribution in [1.82, 2.24) is 15.5 Å². The van der Waals surface area contributed by atoms with Gasteiger partial charge in [0.1, 0.15) is 0 Å². The normalized spacial score (nSPS) is 10.4. The molecule has 4 nitrogen and oxygen atoms in total. The monoisotopic (exact) mass is 195 g/mol. The number of nitrogens with zero attached hydrogens (tertiary/aromatic N) is 2. The van der Waals surface area contributed by atoms with E-state index in [2.05, 4.69) is 29.0 Å². The van der Waals surface area contributed by atoms with Crippen LogP contribution in [0.25, 0.3) is 0 Å². The van der Waals surface area contributed by atoms with Crippen molar-refractivity contribution in [1.29, 1.82) is 0 Å². The Kier molecular flexibility index (Phi) is 4.32. The number of hydrogen-bond acceptors (Lipinski definition) is 4. The van der Waals surface area contributed by atoms with Crippen LogP contribution < -0.4 is 5.32 Å². The van der Waals surface area contributed by atoms with Gasteiger partial charge in [-0.2, -0.15) is 4.98 Å². The maximum absolute atomic E-state index is 4.86. The number of hydrogen-bond donors (Lipinski definition) is 1. The van der Waals surface area contributed by atoms with Gasteiger partial charge >= 0.3 is 0 Å². The fraction of sp³-hybridized carbons (Fsp3) is 0.600. The Hall–Kier alpha value is -1.16. The van der Waals surface area contributed by atoms with Crippen molar-refractivity contribution in [2.45, 2.75) is 26.7 Å². The second kappa shape index (κ2) is 5.54. The minimum atomic E-state index is 0.623. The zero-order valence-electron chi connectivity index (χ0n) is 8.84. The molecule has 0 spiro atoms. The van der Waals surface area contributed by atoms with Crippen LogP contribution in [0.2, 0.25) is 0 Å². The van der Waals surface area contributed by atoms with E-state index in [9.17, 15) is 0 Å². The molecular weight excluding hydrogens is 178 g/mol. The Balaban J connectivity index is 2.13. The summed E-state index contributed by atoms with van der Waals surface area (Å²) < 4.78 is 4.86. The predicted molar refractivity (Wildman–Crippen MR) is 55.0 cm³/mol. The van der Waals surface area contributed by atoms with E-state index in [-0.39, 0.29) is 0 Å². The molecule has 0 radical (unpaired) electrons. The number of nitrogens with one attached hydrogen (secondary N) is 1. The van der Waals surface area contributed by atoms with E-state index < -0.39 is 0 Å². The molecular formula is C10H17N3O. The number of aromatic nitrogens is 2. The fourth-order valence-corrected chi connectivity index (χ4v) is 1.03. The first-order valence-electron chi connectivity index (χ1n) is 4.89. The summed E-state index contributed by atoms with van der Waals surface area (Å²) in [6.45, 7) is 9.54. The zero-order chi connectivity index (χ0) is 10.4. The minimum Gasteiger partial charge on any atom is -0.340 e. The van der Waals surface area contributed by atoms with Crippen LogP contribution in [-0.2, 0) is 6.42 Å². The van der Waals surface area contributed by atoms with Crippen molar-refractivity contribution >= 4 is 0 Å². The Bertz CT molecular complexity index is 293. The van der Waals surface area contributed by atoms with Gasteiger partial charge < -0.3 is 9.84 Å². The second-order valence-corrected chi connectivity index (χ2v) is 3.26. The lowest BCUT2D eigenvalue weighted by atomic mass is 10.2. The summed E-state index contributed by atoms with van der Waals surface area (Å²) in [5.74, 6) is 1.38. The quantitative estimate of drug-likeness (QED) is 0.551. The third kappa shape index (κ3) is 3.70. The van der Waals surface area contributed by atoms with Gasteiger partial charge in [-0.25, -0.2) is 0 Å². The molecule has 0 amide bonds. The molecule has 1 rings (SSSR count). The highest BCUT2D eigenvalue weighted by Crippen LogP contribution is 1.96. The molecule has 0 aliphatic heterocycles. The highest BCUT2D eigenvalue weighted by Gasteiger charge is 2.00. The average molecular weight is 195 g/mol. The SMILES string of the molecule is C=C(CC)CNCCc1noc(C)n1. The van der Waals surface area contributed by atoms with Crippen LogP contribution in [0, 0.1) is 6.92 Å². The summed E-state index contributed by atoms with van der Waals surface area (Å²) in [4.78, 5) is 4.11. The van der Waals surface area contributed by atoms with Gasteiger partial charge in [0.15, 0.2) is 5.82 Å². The van der Waals surface area contributed by atoms with Crippen LogP contribution in [0.1, 0.15) is 25.1 Å². The molecule has 0 aliphatic carbocycles. The molecule has 1 heterocycles. The van der Waals surface area contributed by atoms with Gasteiger partial charge in [0.2, 0.25) is 5.89 Å². The van der Waals surface area contributed by atoms with Crippen molar-refractivity contribution in [2.75, 3.05) is 13.1 Å². The van der Waals surface area contributed by atoms with Crippen LogP contribution in [0.15, 0.2) is 16.7 Å². The molecule has 1 N–H and O–H groups in total. The average Bonchev–Trinajstić information content (AvgIpc) is 2.58. The molecule has 4 heteroatoms. The molecule has 0 aliphatic rings. The van der Waals surface area contributed by atoms with Gasteiger partial charge in [-0.1, -0.05) is 24.2 Å². The van der Waals surface area contributed by atoms with E-state index >= 15 is 0 Å². The Morgan fingerprint density at radius 1 is 1.57 bits per heavy atom. The van der Waals surface area contributed by atoms with Gasteiger partial charge in [0.25, 0.3) is 0 Å². The van der Waals surface area contributed by atoms with E-state index in [4.69, 9.17) is 4.52 Å². The lowest BCUT2D eigenvalue weighted by Crippen LogP contribution is -2.19. The maximum Gasteiger partial charge on any atom is 0.223 e. The summed E-state index contributed by atoms with van der Waals surface area (Å²) in [6.07, 6.45) is 1.82. The van der Waals surface area contributed by atoms with Gasteiger partial charge in [-0.3, -0.25) is 0 Å². The highest BCUT2D eigenvalue weighted by molar-refractivity contribution is 4.95. The first-order chi connectivity index (χ1) is 6.72. The molecule has 0 atom stereocenters. The summed E-state index contributed by atoms with van der Waals surface area (Å²) >= 11 is 0. The summed E-state index contributed by atoms with van der Waals surface area (Å²) in [5.41, 5.74) is 1.22. The van der Waals surface area contributed by atoms with Crippen molar-refractivity contribution in [3.63, 3.8) is 0 Å². The van der Waals surface area contributed by atoms with Crippen LogP contribution in [-0.4, -0.2) is 23.2 Å². The van der Waals surface area contributed by atoms with Gasteiger partial charge in [0, 0.05) is 26.4 Å². The minimum absolute atomic E-state index is 0.623. The smallest absolute Gasteiger partial charge is 0.223 e. The molecule has 0 saturated carbocycles. The van der Waals surface area contributed by atoms with Crippen LogP contribution >= 0.6 is 0 Å². The largest absolute Gasteiger partial charge is 0.340 e. The van der Waals surface area contributed by atoms with Crippen molar-refractivity contribution in [3.05, 3.63) is 23.9 Å². The molecule has 0 fully saturated rings. The highest BCUT2D eigenvalue weighted by atomic mass is 16.5. The van der Waals surface area contributed by atoms with E-state index in [0.29, 0.717) is 5.89 Å². The second-order valence-electron chi connectivity index (χ2n) is 3.26. The van der Waals surface area contributed by atoms with E-state index in [0.717, 1.165) is 31.8 Å². The Morgan fingerprint density at radius 2 is 2.36 bits per heavy atom. The maximum atomic E-state index is 4.86. The standard InChI is InChI=1S/C10H17N3O/c1-4-8(2)7-11-6-5-10-12-9(3)14-13-10/h11H,2,4-7H2,1,3H3. The van der Waals surface area contributed by atoms with Gasteiger partial charge in [-0.15, -0.1) is 0 Å². The van der Waals surface area contributed by atoms with E-state index in [1.165, 1.54) is 5.57 Å². The molecule has 1 aromatic heterocycles. The zero-order valence-corrected chi connectivity index (χ0v) is 8.84. The van der Waals surface area contributed by atoms with E-state index in [1.54, 1.807) is 6.92 Å². The van der Waals surface area contributed by atoms with Crippen molar-refractivity contribution in [2.24, 2.45) is 0 Å². The Labute approximate surface area is 84.4 Å². The van der Waals surface area contributed by atoms with Gasteiger partial charge in [0.05, 0.1) is 0 Å². The fourth-order valence-electron chi connectivity index (χ4n) is 1.03. The molecule has 14 heavy (non-hydrogen) atoms. The molecule has 0 bridgehead atoms. The summed E-state index contributed by atoms with van der Waals surface area (Å²) in [6, 6.07) is 0. The van der Waals surface area contributed by atoms with Crippen molar-refractivity contribution < 1.29 is 4.52 Å². The van der Waals surface area contributed by atoms with Crippen LogP contribution in [0.4, 0.5) is 0 Å². The lowest BCUT2D eigenvalue weighted by Gasteiger charge is -2.03. The first-order valence-corrected chi connectivity index (χ1v) is 4.89. The molecule has 0 saturated heterocycles. The third-order valence-corrected chi connectivity index (χ3v) is 1.97. The molecule has 0 aromatic carbocycles. The molecule has 78 valence electrons. The van der Waals surface area contributed by atoms with Crippen molar-refractivity contribution in [3.8, 4) is 0 Å². The van der Waals surface area contributed by atoms with Crippen LogP contribution in [0.3, 0.4) is 0 Å². The summed E-state index contributed by atoms with van der Waals surface area (Å²) in [5, 5.41) is 7.08. The number of aryl methyl sites for hydroxylation is 1. The number of rotatable bonds is 6. The first kappa shape index (κ1) is 10.9. The van der Waals surface area contributed by atoms with Crippen LogP contribution in [0.5, 0.6) is 0 Å². The Morgan fingerprint density at radius 3 is 2.93 bits per heavy atom. The summed E-state index contributed by atoms with van der Waals surface area (Å²) in [7, 11) is 0. The topological polar surface area (TPSA) is 51.0 Å². The third-order valence-electron chi connectivity index (χ3n) is 1.97. The van der Waals surface area contributed by atoms with E-state index in [1.807, 2.05) is 0 Å². The van der Waals surface area contributed by atoms with Gasteiger partial charge in [-0.05, 0) is 6.42 Å². The molecule has 1 aromatic rings.